The Morgan fingerprint density at radius 1 is 1.22 bits per heavy atom. The molecule has 120 valence electrons. The van der Waals surface area contributed by atoms with E-state index in [-0.39, 0.29) is 23.5 Å². The lowest BCUT2D eigenvalue weighted by atomic mass is 10.2. The molecule has 4 rings (SSSR count). The predicted octanol–water partition coefficient (Wildman–Crippen LogP) is 3.38. The Morgan fingerprint density at radius 3 is 2.74 bits per heavy atom. The number of rotatable bonds is 2. The van der Waals surface area contributed by atoms with E-state index in [4.69, 9.17) is 0 Å². The largest absolute Gasteiger partial charge is 0.337 e. The van der Waals surface area contributed by atoms with Crippen LogP contribution in [0, 0.1) is 0 Å². The highest BCUT2D eigenvalue weighted by atomic mass is 32.2. The molecule has 1 atom stereocenters. The maximum absolute atomic E-state index is 12.7. The van der Waals surface area contributed by atoms with Crippen molar-refractivity contribution in [1.29, 1.82) is 0 Å². The fourth-order valence-corrected chi connectivity index (χ4v) is 7.31. The molecule has 0 radical (unpaired) electrons. The Kier molecular flexibility index (Phi) is 3.48. The Morgan fingerprint density at radius 2 is 2.00 bits per heavy atom. The van der Waals surface area contributed by atoms with E-state index in [0.29, 0.717) is 11.3 Å². The molecule has 1 aromatic carbocycles. The van der Waals surface area contributed by atoms with Crippen molar-refractivity contribution in [2.24, 2.45) is 0 Å². The number of hydrogen-bond donors (Lipinski definition) is 0. The van der Waals surface area contributed by atoms with Crippen molar-refractivity contribution in [3.8, 4) is 0 Å². The summed E-state index contributed by atoms with van der Waals surface area (Å²) >= 11 is 3.19. The van der Waals surface area contributed by atoms with Crippen molar-refractivity contribution in [2.45, 2.75) is 12.5 Å². The standard InChI is InChI=1S/C16H15NO3S3/c1-17(10-6-7-23(19,20)9-10)16(18)14-8-13-15(22-14)11-4-2-3-5-12(11)21-13/h2-5,8,10H,6-7,9H2,1H3/t10-/m0/s1. The number of nitrogens with zero attached hydrogens (tertiary/aromatic N) is 1. The molecule has 0 N–H and O–H groups in total. The molecule has 2 aromatic heterocycles. The molecule has 4 nitrogen and oxygen atoms in total. The summed E-state index contributed by atoms with van der Waals surface area (Å²) < 4.78 is 26.7. The number of fused-ring (bicyclic) bond motifs is 3. The second-order valence-electron chi connectivity index (χ2n) is 5.88. The van der Waals surface area contributed by atoms with Crippen LogP contribution in [0.4, 0.5) is 0 Å². The van der Waals surface area contributed by atoms with Gasteiger partial charge in [0.25, 0.3) is 5.91 Å². The predicted molar refractivity (Wildman–Crippen MR) is 96.4 cm³/mol. The SMILES string of the molecule is CN(C(=O)c1cc2sc3ccccc3c2s1)[C@H]1CCS(=O)(=O)C1. The van der Waals surface area contributed by atoms with E-state index in [1.54, 1.807) is 23.3 Å². The first-order valence-electron chi connectivity index (χ1n) is 7.33. The highest BCUT2D eigenvalue weighted by molar-refractivity contribution is 7.91. The number of benzene rings is 1. The van der Waals surface area contributed by atoms with Crippen LogP contribution in [0.5, 0.6) is 0 Å². The summed E-state index contributed by atoms with van der Waals surface area (Å²) in [7, 11) is -1.28. The Balaban J connectivity index is 1.67. The zero-order valence-electron chi connectivity index (χ0n) is 12.5. The molecule has 0 saturated carbocycles. The summed E-state index contributed by atoms with van der Waals surface area (Å²) in [5.74, 6) is 0.182. The third kappa shape index (κ3) is 2.56. The summed E-state index contributed by atoms with van der Waals surface area (Å²) in [5.41, 5.74) is 0. The van der Waals surface area contributed by atoms with Gasteiger partial charge in [0.15, 0.2) is 9.84 Å². The van der Waals surface area contributed by atoms with Gasteiger partial charge in [-0.2, -0.15) is 0 Å². The van der Waals surface area contributed by atoms with Gasteiger partial charge in [-0.3, -0.25) is 4.79 Å². The van der Waals surface area contributed by atoms with Crippen molar-refractivity contribution in [3.63, 3.8) is 0 Å². The van der Waals surface area contributed by atoms with E-state index in [9.17, 15) is 13.2 Å². The second kappa shape index (κ2) is 5.29. The average Bonchev–Trinajstić information content (AvgIpc) is 3.17. The molecule has 23 heavy (non-hydrogen) atoms. The molecule has 0 aliphatic carbocycles. The fraction of sp³-hybridized carbons (Fsp3) is 0.312. The molecule has 1 amide bonds. The highest BCUT2D eigenvalue weighted by Gasteiger charge is 2.33. The van der Waals surface area contributed by atoms with Gasteiger partial charge in [0.1, 0.15) is 0 Å². The van der Waals surface area contributed by atoms with Gasteiger partial charge in [-0.15, -0.1) is 22.7 Å². The smallest absolute Gasteiger partial charge is 0.264 e. The summed E-state index contributed by atoms with van der Waals surface area (Å²) in [6.45, 7) is 0. The molecule has 1 aliphatic rings. The molecule has 0 unspecified atom stereocenters. The van der Waals surface area contributed by atoms with Crippen LogP contribution in [0.2, 0.25) is 0 Å². The highest BCUT2D eigenvalue weighted by Crippen LogP contribution is 2.39. The zero-order valence-corrected chi connectivity index (χ0v) is 14.9. The lowest BCUT2D eigenvalue weighted by molar-refractivity contribution is 0.0752. The second-order valence-corrected chi connectivity index (χ2v) is 10.2. The number of thiophene rings is 2. The van der Waals surface area contributed by atoms with Gasteiger partial charge < -0.3 is 4.90 Å². The van der Waals surface area contributed by atoms with Crippen LogP contribution in [0.15, 0.2) is 30.3 Å². The van der Waals surface area contributed by atoms with E-state index in [0.717, 1.165) is 9.40 Å². The molecule has 1 fully saturated rings. The zero-order chi connectivity index (χ0) is 16.2. The molecule has 3 heterocycles. The summed E-state index contributed by atoms with van der Waals surface area (Å²) in [4.78, 5) is 15.0. The first-order chi connectivity index (χ1) is 10.9. The van der Waals surface area contributed by atoms with Crippen LogP contribution >= 0.6 is 22.7 Å². The number of carbonyl (C=O) groups is 1. The van der Waals surface area contributed by atoms with E-state index in [1.807, 2.05) is 18.2 Å². The maximum atomic E-state index is 12.7. The molecule has 7 heteroatoms. The van der Waals surface area contributed by atoms with Crippen molar-refractivity contribution < 1.29 is 13.2 Å². The van der Waals surface area contributed by atoms with Gasteiger partial charge in [0, 0.05) is 27.9 Å². The number of amides is 1. The van der Waals surface area contributed by atoms with Crippen LogP contribution in [-0.4, -0.2) is 43.8 Å². The molecule has 1 saturated heterocycles. The first kappa shape index (κ1) is 15.1. The third-order valence-electron chi connectivity index (χ3n) is 4.34. The van der Waals surface area contributed by atoms with E-state index in [2.05, 4.69) is 12.1 Å². The van der Waals surface area contributed by atoms with Crippen LogP contribution in [0.1, 0.15) is 16.1 Å². The molecule has 1 aliphatic heterocycles. The average molecular weight is 366 g/mol. The molecule has 3 aromatic rings. The molecular formula is C16H15NO3S3. The lowest BCUT2D eigenvalue weighted by Gasteiger charge is -2.22. The van der Waals surface area contributed by atoms with Crippen LogP contribution in [-0.2, 0) is 9.84 Å². The lowest BCUT2D eigenvalue weighted by Crippen LogP contribution is -2.37. The van der Waals surface area contributed by atoms with Crippen molar-refractivity contribution >= 4 is 57.9 Å². The number of carbonyl (C=O) groups excluding carboxylic acids is 1. The van der Waals surface area contributed by atoms with Gasteiger partial charge in [-0.25, -0.2) is 8.42 Å². The quantitative estimate of drug-likeness (QED) is 0.700. The van der Waals surface area contributed by atoms with Gasteiger partial charge >= 0.3 is 0 Å². The van der Waals surface area contributed by atoms with Crippen LogP contribution in [0.3, 0.4) is 0 Å². The Hall–Kier alpha value is -1.44. The van der Waals surface area contributed by atoms with E-state index < -0.39 is 9.84 Å². The minimum atomic E-state index is -2.99. The van der Waals surface area contributed by atoms with Crippen molar-refractivity contribution in [3.05, 3.63) is 35.2 Å². The minimum Gasteiger partial charge on any atom is -0.337 e. The minimum absolute atomic E-state index is 0.0791. The van der Waals surface area contributed by atoms with Crippen LogP contribution in [0.25, 0.3) is 19.5 Å². The van der Waals surface area contributed by atoms with Gasteiger partial charge in [0.2, 0.25) is 0 Å². The topological polar surface area (TPSA) is 54.5 Å². The molecule has 0 spiro atoms. The number of sulfone groups is 1. The van der Waals surface area contributed by atoms with E-state index >= 15 is 0 Å². The summed E-state index contributed by atoms with van der Waals surface area (Å²) in [5, 5.41) is 1.18. The molecule has 0 bridgehead atoms. The van der Waals surface area contributed by atoms with Gasteiger partial charge in [-0.1, -0.05) is 18.2 Å². The summed E-state index contributed by atoms with van der Waals surface area (Å²) in [6, 6.07) is 9.92. The monoisotopic (exact) mass is 365 g/mol. The Labute approximate surface area is 142 Å². The Bertz CT molecular complexity index is 1020. The van der Waals surface area contributed by atoms with Crippen LogP contribution < -0.4 is 0 Å². The molecular weight excluding hydrogens is 350 g/mol. The third-order valence-corrected chi connectivity index (χ3v) is 8.49. The van der Waals surface area contributed by atoms with Gasteiger partial charge in [0.05, 0.1) is 21.1 Å². The van der Waals surface area contributed by atoms with Crippen molar-refractivity contribution in [1.82, 2.24) is 4.90 Å². The van der Waals surface area contributed by atoms with Crippen molar-refractivity contribution in [2.75, 3.05) is 18.6 Å². The number of hydrogen-bond acceptors (Lipinski definition) is 5. The fourth-order valence-electron chi connectivity index (χ4n) is 3.03. The van der Waals surface area contributed by atoms with Gasteiger partial charge in [-0.05, 0) is 18.6 Å². The maximum Gasteiger partial charge on any atom is 0.264 e. The first-order valence-corrected chi connectivity index (χ1v) is 10.8. The normalized spacial score (nSPS) is 20.3. The van der Waals surface area contributed by atoms with E-state index in [1.165, 1.54) is 21.4 Å². The summed E-state index contributed by atoms with van der Waals surface area (Å²) in [6.07, 6.45) is 0.535.